The Morgan fingerprint density at radius 2 is 2.07 bits per heavy atom. The summed E-state index contributed by atoms with van der Waals surface area (Å²) in [6.45, 7) is 3.91. The summed E-state index contributed by atoms with van der Waals surface area (Å²) in [6, 6.07) is 2.99. The first-order valence-electron chi connectivity index (χ1n) is 9.36. The number of rotatable bonds is 4. The Labute approximate surface area is 155 Å². The molecule has 0 spiro atoms. The Morgan fingerprint density at radius 1 is 1.26 bits per heavy atom. The molecule has 0 N–H and O–H groups in total. The molecule has 2 aromatic rings. The number of likely N-dealkylation sites (tertiary alicyclic amines) is 1. The number of aryl methyl sites for hydroxylation is 1. The number of aromatic nitrogens is 2. The van der Waals surface area contributed by atoms with Crippen molar-refractivity contribution < 1.29 is 22.7 Å². The third-order valence-electron chi connectivity index (χ3n) is 5.43. The maximum absolute atomic E-state index is 12.9. The predicted molar refractivity (Wildman–Crippen MR) is 93.2 cm³/mol. The van der Waals surface area contributed by atoms with E-state index in [2.05, 4.69) is 4.98 Å². The summed E-state index contributed by atoms with van der Waals surface area (Å²) in [4.78, 5) is 18.5. The van der Waals surface area contributed by atoms with E-state index in [0.29, 0.717) is 43.6 Å². The van der Waals surface area contributed by atoms with Crippen molar-refractivity contribution in [3.8, 4) is 0 Å². The van der Waals surface area contributed by atoms with Crippen molar-refractivity contribution in [1.82, 2.24) is 14.5 Å². The molecule has 0 aliphatic carbocycles. The molecule has 1 amide bonds. The van der Waals surface area contributed by atoms with Crippen LogP contribution in [0.1, 0.15) is 37.4 Å². The first kappa shape index (κ1) is 18.3. The number of alkyl halides is 3. The minimum Gasteiger partial charge on any atom is -0.368 e. The molecule has 4 heterocycles. The fraction of sp³-hybridized carbons (Fsp3) is 0.579. The fourth-order valence-electron chi connectivity index (χ4n) is 4.11. The molecule has 0 radical (unpaired) electrons. The second-order valence-corrected chi connectivity index (χ2v) is 7.25. The molecular formula is C19H22F3N3O2. The van der Waals surface area contributed by atoms with E-state index in [0.717, 1.165) is 30.8 Å². The van der Waals surface area contributed by atoms with Crippen molar-refractivity contribution in [3.05, 3.63) is 29.6 Å². The van der Waals surface area contributed by atoms with Gasteiger partial charge >= 0.3 is 6.18 Å². The summed E-state index contributed by atoms with van der Waals surface area (Å²) in [7, 11) is 0. The van der Waals surface area contributed by atoms with Gasteiger partial charge in [-0.25, -0.2) is 4.98 Å². The highest BCUT2D eigenvalue weighted by molar-refractivity contribution is 5.83. The molecule has 0 aromatic carbocycles. The minimum absolute atomic E-state index is 0.0375. The molecule has 27 heavy (non-hydrogen) atoms. The van der Waals surface area contributed by atoms with E-state index < -0.39 is 11.7 Å². The monoisotopic (exact) mass is 381 g/mol. The zero-order chi connectivity index (χ0) is 19.2. The van der Waals surface area contributed by atoms with Gasteiger partial charge in [-0.3, -0.25) is 4.79 Å². The molecule has 2 aromatic heterocycles. The fourth-order valence-corrected chi connectivity index (χ4v) is 4.11. The van der Waals surface area contributed by atoms with Crippen molar-refractivity contribution in [2.24, 2.45) is 0 Å². The Kier molecular flexibility index (Phi) is 4.61. The smallest absolute Gasteiger partial charge is 0.368 e. The van der Waals surface area contributed by atoms with Crippen LogP contribution in [-0.4, -0.2) is 45.7 Å². The minimum atomic E-state index is -4.40. The zero-order valence-corrected chi connectivity index (χ0v) is 15.1. The van der Waals surface area contributed by atoms with Crippen molar-refractivity contribution >= 4 is 16.9 Å². The first-order valence-corrected chi connectivity index (χ1v) is 9.36. The Hall–Kier alpha value is -2.09. The summed E-state index contributed by atoms with van der Waals surface area (Å²) in [5.41, 5.74) is 0.771. The molecule has 5 nitrogen and oxygen atoms in total. The van der Waals surface area contributed by atoms with Crippen LogP contribution in [0, 0.1) is 0 Å². The van der Waals surface area contributed by atoms with Gasteiger partial charge in [0.2, 0.25) is 0 Å². The number of amides is 1. The second-order valence-electron chi connectivity index (χ2n) is 7.25. The highest BCUT2D eigenvalue weighted by Crippen LogP contribution is 2.33. The molecular weight excluding hydrogens is 359 g/mol. The van der Waals surface area contributed by atoms with E-state index in [-0.39, 0.29) is 18.1 Å². The normalized spacial score (nSPS) is 23.3. The van der Waals surface area contributed by atoms with Crippen molar-refractivity contribution in [3.63, 3.8) is 0 Å². The van der Waals surface area contributed by atoms with Crippen LogP contribution in [0.15, 0.2) is 18.3 Å². The first-order chi connectivity index (χ1) is 12.9. The molecule has 2 unspecified atom stereocenters. The number of carbonyl (C=O) groups is 1. The third kappa shape index (κ3) is 3.31. The lowest BCUT2D eigenvalue weighted by molar-refractivity contribution is -0.139. The third-order valence-corrected chi connectivity index (χ3v) is 5.43. The summed E-state index contributed by atoms with van der Waals surface area (Å²) in [5, 5.41) is 0.498. The topological polar surface area (TPSA) is 47.4 Å². The van der Waals surface area contributed by atoms with Gasteiger partial charge in [-0.2, -0.15) is 13.2 Å². The van der Waals surface area contributed by atoms with E-state index in [1.165, 1.54) is 0 Å². The molecule has 1 saturated heterocycles. The molecule has 2 aliphatic rings. The maximum atomic E-state index is 12.9. The Balaban J connectivity index is 1.54. The molecule has 4 rings (SSSR count). The summed E-state index contributed by atoms with van der Waals surface area (Å²) in [5.74, 6) is 0.0375. The standard InChI is InChI=1S/C19H22F3N3O2/c1-2-7-27-16-4-6-25(18(16)26)14-3-5-24-15(10-14)9-12-8-13(19(20,21)22)11-23-17(12)24/h8-9,11,14,16H,2-7,10H2,1H3. The van der Waals surface area contributed by atoms with Crippen LogP contribution in [0.3, 0.4) is 0 Å². The Bertz CT molecular complexity index is 862. The number of ether oxygens (including phenoxy) is 1. The van der Waals surface area contributed by atoms with Crippen LogP contribution in [0.5, 0.6) is 0 Å². The molecule has 2 atom stereocenters. The van der Waals surface area contributed by atoms with E-state index in [1.807, 2.05) is 16.4 Å². The van der Waals surface area contributed by atoms with Crippen molar-refractivity contribution in [2.45, 2.75) is 57.5 Å². The van der Waals surface area contributed by atoms with Gasteiger partial charge in [0, 0.05) is 55.9 Å². The van der Waals surface area contributed by atoms with E-state index >= 15 is 0 Å². The number of carbonyl (C=O) groups excluding carboxylic acids is 1. The number of pyridine rings is 1. The Morgan fingerprint density at radius 3 is 2.81 bits per heavy atom. The van der Waals surface area contributed by atoms with Crippen LogP contribution < -0.4 is 0 Å². The van der Waals surface area contributed by atoms with Crippen molar-refractivity contribution in [1.29, 1.82) is 0 Å². The average Bonchev–Trinajstić information content (AvgIpc) is 3.18. The van der Waals surface area contributed by atoms with Gasteiger partial charge < -0.3 is 14.2 Å². The van der Waals surface area contributed by atoms with Crippen LogP contribution in [-0.2, 0) is 28.7 Å². The van der Waals surface area contributed by atoms with Gasteiger partial charge in [-0.05, 0) is 25.0 Å². The quantitative estimate of drug-likeness (QED) is 0.816. The lowest BCUT2D eigenvalue weighted by Gasteiger charge is -2.32. The predicted octanol–water partition coefficient (Wildman–Crippen LogP) is 3.40. The SMILES string of the molecule is CCCOC1CCN(C2CCn3c(cc4cc(C(F)(F)F)cnc43)C2)C1=O. The maximum Gasteiger partial charge on any atom is 0.417 e. The molecule has 0 bridgehead atoms. The molecule has 8 heteroatoms. The van der Waals surface area contributed by atoms with Gasteiger partial charge in [0.15, 0.2) is 0 Å². The number of nitrogens with zero attached hydrogens (tertiary/aromatic N) is 3. The summed E-state index contributed by atoms with van der Waals surface area (Å²) in [6.07, 6.45) is -0.887. The van der Waals surface area contributed by atoms with Crippen LogP contribution in [0.4, 0.5) is 13.2 Å². The zero-order valence-electron chi connectivity index (χ0n) is 15.1. The van der Waals surface area contributed by atoms with Gasteiger partial charge in [0.05, 0.1) is 5.56 Å². The van der Waals surface area contributed by atoms with Gasteiger partial charge in [0.1, 0.15) is 11.8 Å². The lowest BCUT2D eigenvalue weighted by Crippen LogP contribution is -2.43. The molecule has 2 aliphatic heterocycles. The van der Waals surface area contributed by atoms with E-state index in [9.17, 15) is 18.0 Å². The molecule has 0 saturated carbocycles. The van der Waals surface area contributed by atoms with E-state index in [1.54, 1.807) is 6.07 Å². The number of fused-ring (bicyclic) bond motifs is 3. The van der Waals surface area contributed by atoms with Crippen molar-refractivity contribution in [2.75, 3.05) is 13.2 Å². The molecule has 1 fully saturated rings. The lowest BCUT2D eigenvalue weighted by atomic mass is 10.0. The van der Waals surface area contributed by atoms with Crippen LogP contribution in [0.2, 0.25) is 0 Å². The van der Waals surface area contributed by atoms with Crippen LogP contribution >= 0.6 is 0 Å². The number of halogens is 3. The molecule has 146 valence electrons. The van der Waals surface area contributed by atoms with Gasteiger partial charge in [-0.15, -0.1) is 0 Å². The average molecular weight is 381 g/mol. The van der Waals surface area contributed by atoms with E-state index in [4.69, 9.17) is 4.74 Å². The number of hydrogen-bond acceptors (Lipinski definition) is 3. The summed E-state index contributed by atoms with van der Waals surface area (Å²) >= 11 is 0. The van der Waals surface area contributed by atoms with Gasteiger partial charge in [-0.1, -0.05) is 6.92 Å². The summed E-state index contributed by atoms with van der Waals surface area (Å²) < 4.78 is 46.4. The largest absolute Gasteiger partial charge is 0.417 e. The van der Waals surface area contributed by atoms with Gasteiger partial charge in [0.25, 0.3) is 5.91 Å². The highest BCUT2D eigenvalue weighted by Gasteiger charge is 2.38. The van der Waals surface area contributed by atoms with Crippen LogP contribution in [0.25, 0.3) is 11.0 Å². The second kappa shape index (κ2) is 6.82. The number of hydrogen-bond donors (Lipinski definition) is 0. The highest BCUT2D eigenvalue weighted by atomic mass is 19.4.